The van der Waals surface area contributed by atoms with Crippen molar-refractivity contribution in [1.82, 2.24) is 5.32 Å². The lowest BCUT2D eigenvalue weighted by molar-refractivity contribution is 0.199. The van der Waals surface area contributed by atoms with Crippen molar-refractivity contribution < 1.29 is 9.47 Å². The molecule has 0 saturated carbocycles. The first-order chi connectivity index (χ1) is 8.67. The number of benzene rings is 1. The predicted octanol–water partition coefficient (Wildman–Crippen LogP) is 2.48. The highest BCUT2D eigenvalue weighted by Gasteiger charge is 2.05. The van der Waals surface area contributed by atoms with Crippen LogP contribution < -0.4 is 10.1 Å². The van der Waals surface area contributed by atoms with Gasteiger partial charge in [0.2, 0.25) is 0 Å². The lowest BCUT2D eigenvalue weighted by atomic mass is 10.2. The van der Waals surface area contributed by atoms with Gasteiger partial charge in [0, 0.05) is 24.7 Å². The number of methoxy groups -OCH3 is 1. The van der Waals surface area contributed by atoms with Gasteiger partial charge in [0.15, 0.2) is 6.10 Å². The molecule has 1 unspecified atom stereocenters. The van der Waals surface area contributed by atoms with Crippen LogP contribution in [0.4, 0.5) is 0 Å². The molecule has 0 amide bonds. The summed E-state index contributed by atoms with van der Waals surface area (Å²) in [6.45, 7) is 3.92. The quantitative estimate of drug-likeness (QED) is 0.786. The van der Waals surface area contributed by atoms with E-state index in [0.29, 0.717) is 12.4 Å². The molecule has 0 radical (unpaired) electrons. The Morgan fingerprint density at radius 2 is 2.28 bits per heavy atom. The number of halogens is 1. The molecule has 1 aromatic rings. The van der Waals surface area contributed by atoms with Crippen LogP contribution in [0.25, 0.3) is 0 Å². The smallest absolute Gasteiger partial charge is 0.181 e. The maximum Gasteiger partial charge on any atom is 0.181 e. The summed E-state index contributed by atoms with van der Waals surface area (Å²) in [7, 11) is 1.68. The largest absolute Gasteiger partial charge is 0.476 e. The van der Waals surface area contributed by atoms with E-state index in [1.807, 2.05) is 24.3 Å². The van der Waals surface area contributed by atoms with E-state index in [9.17, 15) is 0 Å². The standard InChI is InChI=1S/C13H17BrN2O2/c1-10(8-15)18-12-3-4-13(14)11(7-12)9-16-5-6-17-2/h3-4,7,10,16H,5-6,9H2,1-2H3. The first-order valence-corrected chi connectivity index (χ1v) is 6.51. The van der Waals surface area contributed by atoms with Crippen molar-refractivity contribution in [1.29, 1.82) is 5.26 Å². The Balaban J connectivity index is 2.61. The molecule has 5 heteroatoms. The highest BCUT2D eigenvalue weighted by molar-refractivity contribution is 9.10. The third kappa shape index (κ3) is 5.05. The van der Waals surface area contributed by atoms with Gasteiger partial charge in [-0.25, -0.2) is 0 Å². The van der Waals surface area contributed by atoms with Gasteiger partial charge in [0.25, 0.3) is 0 Å². The van der Waals surface area contributed by atoms with Crippen LogP contribution in [-0.4, -0.2) is 26.4 Å². The molecule has 1 atom stereocenters. The predicted molar refractivity (Wildman–Crippen MR) is 73.4 cm³/mol. The van der Waals surface area contributed by atoms with Crippen molar-refractivity contribution in [3.8, 4) is 11.8 Å². The Hall–Kier alpha value is -1.09. The van der Waals surface area contributed by atoms with Gasteiger partial charge in [-0.05, 0) is 30.7 Å². The number of hydrogen-bond donors (Lipinski definition) is 1. The van der Waals surface area contributed by atoms with Gasteiger partial charge in [-0.2, -0.15) is 5.26 Å². The number of nitrogens with zero attached hydrogens (tertiary/aromatic N) is 1. The minimum Gasteiger partial charge on any atom is -0.476 e. The number of nitrogens with one attached hydrogen (secondary N) is 1. The Kier molecular flexibility index (Phi) is 6.73. The molecule has 0 fully saturated rings. The van der Waals surface area contributed by atoms with Crippen molar-refractivity contribution in [2.75, 3.05) is 20.3 Å². The Morgan fingerprint density at radius 1 is 1.50 bits per heavy atom. The Morgan fingerprint density at radius 3 is 2.94 bits per heavy atom. The fraction of sp³-hybridized carbons (Fsp3) is 0.462. The van der Waals surface area contributed by atoms with Crippen LogP contribution in [0, 0.1) is 11.3 Å². The highest BCUT2D eigenvalue weighted by Crippen LogP contribution is 2.23. The summed E-state index contributed by atoms with van der Waals surface area (Å²) in [5.74, 6) is 0.704. The van der Waals surface area contributed by atoms with Gasteiger partial charge in [-0.1, -0.05) is 15.9 Å². The fourth-order valence-corrected chi connectivity index (χ4v) is 1.77. The molecular weight excluding hydrogens is 296 g/mol. The number of hydrogen-bond acceptors (Lipinski definition) is 4. The van der Waals surface area contributed by atoms with E-state index >= 15 is 0 Å². The van der Waals surface area contributed by atoms with Crippen LogP contribution in [0.15, 0.2) is 22.7 Å². The third-order valence-electron chi connectivity index (χ3n) is 2.31. The van der Waals surface area contributed by atoms with Crippen molar-refractivity contribution in [2.45, 2.75) is 19.6 Å². The normalized spacial score (nSPS) is 11.9. The van der Waals surface area contributed by atoms with E-state index in [-0.39, 0.29) is 0 Å². The van der Waals surface area contributed by atoms with Crippen molar-refractivity contribution in [3.05, 3.63) is 28.2 Å². The molecule has 0 heterocycles. The molecule has 1 N–H and O–H groups in total. The molecule has 4 nitrogen and oxygen atoms in total. The summed E-state index contributed by atoms with van der Waals surface area (Å²) in [5.41, 5.74) is 1.09. The number of nitriles is 1. The fourth-order valence-electron chi connectivity index (χ4n) is 1.39. The van der Waals surface area contributed by atoms with Crippen molar-refractivity contribution in [2.24, 2.45) is 0 Å². The Bertz CT molecular complexity index is 418. The average molecular weight is 313 g/mol. The summed E-state index contributed by atoms with van der Waals surface area (Å²) in [4.78, 5) is 0. The minimum absolute atomic E-state index is 0.444. The molecule has 18 heavy (non-hydrogen) atoms. The molecule has 0 spiro atoms. The summed E-state index contributed by atoms with van der Waals surface area (Å²) in [6.07, 6.45) is -0.444. The number of rotatable bonds is 7. The van der Waals surface area contributed by atoms with Crippen molar-refractivity contribution in [3.63, 3.8) is 0 Å². The molecule has 98 valence electrons. The van der Waals surface area contributed by atoms with E-state index in [2.05, 4.69) is 21.2 Å². The minimum atomic E-state index is -0.444. The summed E-state index contributed by atoms with van der Waals surface area (Å²) >= 11 is 3.49. The van der Waals surface area contributed by atoms with Gasteiger partial charge >= 0.3 is 0 Å². The molecule has 0 bridgehead atoms. The van der Waals surface area contributed by atoms with Crippen LogP contribution in [0.1, 0.15) is 12.5 Å². The average Bonchev–Trinajstić information content (AvgIpc) is 2.38. The van der Waals surface area contributed by atoms with Crippen LogP contribution in [0.5, 0.6) is 5.75 Å². The second-order valence-corrected chi connectivity index (χ2v) is 4.67. The molecular formula is C13H17BrN2O2. The highest BCUT2D eigenvalue weighted by atomic mass is 79.9. The molecule has 0 saturated heterocycles. The molecule has 0 aliphatic carbocycles. The second-order valence-electron chi connectivity index (χ2n) is 3.81. The maximum absolute atomic E-state index is 8.71. The van der Waals surface area contributed by atoms with E-state index in [0.717, 1.165) is 23.1 Å². The zero-order valence-electron chi connectivity index (χ0n) is 10.6. The first-order valence-electron chi connectivity index (χ1n) is 5.71. The van der Waals surface area contributed by atoms with Crippen LogP contribution in [-0.2, 0) is 11.3 Å². The zero-order chi connectivity index (χ0) is 13.4. The lowest BCUT2D eigenvalue weighted by Crippen LogP contribution is -2.19. The van der Waals surface area contributed by atoms with Crippen molar-refractivity contribution >= 4 is 15.9 Å². The van der Waals surface area contributed by atoms with E-state index in [1.165, 1.54) is 0 Å². The van der Waals surface area contributed by atoms with E-state index in [1.54, 1.807) is 14.0 Å². The van der Waals surface area contributed by atoms with E-state index in [4.69, 9.17) is 14.7 Å². The van der Waals surface area contributed by atoms with E-state index < -0.39 is 6.10 Å². The van der Waals surface area contributed by atoms with Crippen LogP contribution in [0.3, 0.4) is 0 Å². The molecule has 0 aliphatic rings. The summed E-state index contributed by atoms with van der Waals surface area (Å²) < 4.78 is 11.4. The monoisotopic (exact) mass is 312 g/mol. The van der Waals surface area contributed by atoms with Gasteiger partial charge in [0.05, 0.1) is 6.61 Å². The lowest BCUT2D eigenvalue weighted by Gasteiger charge is -2.11. The molecule has 0 aromatic heterocycles. The Labute approximate surface area is 116 Å². The van der Waals surface area contributed by atoms with Gasteiger partial charge < -0.3 is 14.8 Å². The second kappa shape index (κ2) is 8.09. The molecule has 0 aliphatic heterocycles. The van der Waals surface area contributed by atoms with Crippen LogP contribution in [0.2, 0.25) is 0 Å². The molecule has 1 aromatic carbocycles. The zero-order valence-corrected chi connectivity index (χ0v) is 12.2. The van der Waals surface area contributed by atoms with Gasteiger partial charge in [-0.15, -0.1) is 0 Å². The molecule has 1 rings (SSSR count). The first kappa shape index (κ1) is 15.0. The van der Waals surface area contributed by atoms with Gasteiger partial charge in [0.1, 0.15) is 11.8 Å². The number of ether oxygens (including phenoxy) is 2. The van der Waals surface area contributed by atoms with Crippen LogP contribution >= 0.6 is 15.9 Å². The topological polar surface area (TPSA) is 54.3 Å². The third-order valence-corrected chi connectivity index (χ3v) is 3.08. The maximum atomic E-state index is 8.71. The van der Waals surface area contributed by atoms with Gasteiger partial charge in [-0.3, -0.25) is 0 Å². The summed E-state index contributed by atoms with van der Waals surface area (Å²) in [5, 5.41) is 12.0. The summed E-state index contributed by atoms with van der Waals surface area (Å²) in [6, 6.07) is 7.74. The SMILES string of the molecule is COCCNCc1cc(OC(C)C#N)ccc1Br.